The number of hydrogen-bond donors (Lipinski definition) is 1. The van der Waals surface area contributed by atoms with Gasteiger partial charge in [0.2, 0.25) is 11.8 Å². The number of hydrogen-bond acceptors (Lipinski definition) is 2. The van der Waals surface area contributed by atoms with Crippen LogP contribution in [0.3, 0.4) is 0 Å². The quantitative estimate of drug-likeness (QED) is 0.834. The molecule has 1 saturated heterocycles. The molecule has 0 saturated carbocycles. The maximum absolute atomic E-state index is 13.0. The summed E-state index contributed by atoms with van der Waals surface area (Å²) in [6.07, 6.45) is -3.57. The largest absolute Gasteiger partial charge is 0.349 e. The Morgan fingerprint density at radius 1 is 1.33 bits per heavy atom. The highest BCUT2D eigenvalue weighted by atomic mass is 19.3. The molecule has 1 fully saturated rings. The molecule has 2 atom stereocenters. The van der Waals surface area contributed by atoms with Crippen LogP contribution < -0.4 is 5.32 Å². The summed E-state index contributed by atoms with van der Waals surface area (Å²) in [5.41, 5.74) is 0.689. The van der Waals surface area contributed by atoms with Gasteiger partial charge in [0.1, 0.15) is 0 Å². The lowest BCUT2D eigenvalue weighted by atomic mass is 9.84. The maximum Gasteiger partial charge on any atom is 0.324 e. The minimum absolute atomic E-state index is 0.100. The fraction of sp³-hybridized carbons (Fsp3) is 0.500. The second-order valence-corrected chi connectivity index (χ2v) is 5.78. The van der Waals surface area contributed by atoms with Crippen molar-refractivity contribution in [2.45, 2.75) is 31.2 Å². The van der Waals surface area contributed by atoms with Crippen molar-refractivity contribution in [2.75, 3.05) is 13.6 Å². The van der Waals surface area contributed by atoms with Crippen molar-refractivity contribution in [1.29, 1.82) is 0 Å². The topological polar surface area (TPSA) is 49.4 Å². The predicted molar refractivity (Wildman–Crippen MR) is 78.6 cm³/mol. The summed E-state index contributed by atoms with van der Waals surface area (Å²) in [6.45, 7) is -1.43. The number of halogens is 4. The van der Waals surface area contributed by atoms with Crippen LogP contribution in [-0.2, 0) is 9.59 Å². The van der Waals surface area contributed by atoms with Crippen LogP contribution in [0.1, 0.15) is 24.4 Å². The molecule has 8 heteroatoms. The lowest BCUT2D eigenvalue weighted by molar-refractivity contribution is -0.146. The van der Waals surface area contributed by atoms with Crippen LogP contribution in [0.4, 0.5) is 17.6 Å². The van der Waals surface area contributed by atoms with Gasteiger partial charge in [-0.2, -0.15) is 8.78 Å². The minimum Gasteiger partial charge on any atom is -0.349 e. The van der Waals surface area contributed by atoms with Crippen LogP contribution in [0.2, 0.25) is 0 Å². The Morgan fingerprint density at radius 2 is 1.96 bits per heavy atom. The summed E-state index contributed by atoms with van der Waals surface area (Å²) in [5.74, 6) is -5.98. The van der Waals surface area contributed by atoms with Gasteiger partial charge in [-0.15, -0.1) is 0 Å². The zero-order valence-corrected chi connectivity index (χ0v) is 13.0. The number of carbonyl (C=O) groups is 2. The second kappa shape index (κ2) is 7.19. The molecular formula is C16H18F4N2O2. The average Bonchev–Trinajstić information content (AvgIpc) is 2.55. The van der Waals surface area contributed by atoms with E-state index < -0.39 is 36.8 Å². The third-order valence-corrected chi connectivity index (χ3v) is 4.16. The molecule has 0 spiro atoms. The fourth-order valence-corrected chi connectivity index (χ4v) is 2.83. The summed E-state index contributed by atoms with van der Waals surface area (Å²) in [6, 6.07) is 8.09. The van der Waals surface area contributed by atoms with Crippen LogP contribution in [0, 0.1) is 5.92 Å². The Balaban J connectivity index is 2.17. The number of likely N-dealkylation sites (tertiary alicyclic amines) is 1. The molecule has 1 aromatic carbocycles. The number of amides is 2. The minimum atomic E-state index is -4.28. The Bertz CT molecular complexity index is 595. The van der Waals surface area contributed by atoms with Crippen molar-refractivity contribution in [3.63, 3.8) is 0 Å². The van der Waals surface area contributed by atoms with E-state index in [-0.39, 0.29) is 18.7 Å². The highest BCUT2D eigenvalue weighted by Gasteiger charge is 2.43. The van der Waals surface area contributed by atoms with Crippen LogP contribution in [0.15, 0.2) is 30.3 Å². The summed E-state index contributed by atoms with van der Waals surface area (Å²) in [7, 11) is 1.53. The zero-order valence-electron chi connectivity index (χ0n) is 13.0. The SMILES string of the molecule is CN1C(=O)CC[C@@H](C(=O)NCC(F)(F)C(F)F)[C@@H]1c1ccccc1. The van der Waals surface area contributed by atoms with E-state index in [0.717, 1.165) is 0 Å². The van der Waals surface area contributed by atoms with Crippen molar-refractivity contribution < 1.29 is 27.2 Å². The number of piperidine rings is 1. The smallest absolute Gasteiger partial charge is 0.324 e. The highest BCUT2D eigenvalue weighted by Crippen LogP contribution is 2.36. The molecule has 0 aromatic heterocycles. The molecular weight excluding hydrogens is 328 g/mol. The van der Waals surface area contributed by atoms with Crippen molar-refractivity contribution in [2.24, 2.45) is 5.92 Å². The van der Waals surface area contributed by atoms with Gasteiger partial charge in [0.25, 0.3) is 0 Å². The standard InChI is InChI=1S/C16H18F4N2O2/c1-22-12(23)8-7-11(13(22)10-5-3-2-4-6-10)14(24)21-9-16(19,20)15(17)18/h2-6,11,13,15H,7-9H2,1H3,(H,21,24)/t11-,13+/m1/s1. The van der Waals surface area contributed by atoms with Gasteiger partial charge in [-0.05, 0) is 12.0 Å². The van der Waals surface area contributed by atoms with Gasteiger partial charge < -0.3 is 10.2 Å². The van der Waals surface area contributed by atoms with Crippen LogP contribution in [-0.4, -0.2) is 42.7 Å². The second-order valence-electron chi connectivity index (χ2n) is 5.78. The number of nitrogens with one attached hydrogen (secondary N) is 1. The van der Waals surface area contributed by atoms with Gasteiger partial charge in [0, 0.05) is 13.5 Å². The average molecular weight is 346 g/mol. The normalized spacial score (nSPS) is 21.9. The van der Waals surface area contributed by atoms with Crippen molar-refractivity contribution >= 4 is 11.8 Å². The molecule has 0 aliphatic carbocycles. The Labute approximate surface area is 136 Å². The van der Waals surface area contributed by atoms with E-state index in [1.165, 1.54) is 11.9 Å². The monoisotopic (exact) mass is 346 g/mol. The number of carbonyl (C=O) groups excluding carboxylic acids is 2. The van der Waals surface area contributed by atoms with Crippen molar-refractivity contribution in [3.8, 4) is 0 Å². The Hall–Kier alpha value is -2.12. The molecule has 132 valence electrons. The predicted octanol–water partition coefficient (Wildman–Crippen LogP) is 2.61. The molecule has 0 radical (unpaired) electrons. The first-order chi connectivity index (χ1) is 11.2. The molecule has 1 aliphatic heterocycles. The van der Waals surface area contributed by atoms with Crippen LogP contribution in [0.25, 0.3) is 0 Å². The molecule has 2 rings (SSSR count). The van der Waals surface area contributed by atoms with Gasteiger partial charge in [-0.1, -0.05) is 30.3 Å². The third kappa shape index (κ3) is 3.85. The summed E-state index contributed by atoms with van der Waals surface area (Å²) < 4.78 is 50.4. The Kier molecular flexibility index (Phi) is 5.46. The van der Waals surface area contributed by atoms with Crippen molar-refractivity contribution in [3.05, 3.63) is 35.9 Å². The van der Waals surface area contributed by atoms with Gasteiger partial charge in [0.05, 0.1) is 18.5 Å². The first-order valence-electron chi connectivity index (χ1n) is 7.48. The van der Waals surface area contributed by atoms with Gasteiger partial charge in [0.15, 0.2) is 0 Å². The van der Waals surface area contributed by atoms with E-state index in [1.807, 2.05) is 5.32 Å². The Morgan fingerprint density at radius 3 is 2.54 bits per heavy atom. The molecule has 1 heterocycles. The van der Waals surface area contributed by atoms with Crippen LogP contribution in [0.5, 0.6) is 0 Å². The fourth-order valence-electron chi connectivity index (χ4n) is 2.83. The molecule has 4 nitrogen and oxygen atoms in total. The van der Waals surface area contributed by atoms with E-state index in [4.69, 9.17) is 0 Å². The molecule has 2 amide bonds. The molecule has 0 unspecified atom stereocenters. The molecule has 1 aromatic rings. The molecule has 24 heavy (non-hydrogen) atoms. The number of alkyl halides is 4. The van der Waals surface area contributed by atoms with E-state index in [2.05, 4.69) is 0 Å². The van der Waals surface area contributed by atoms with Gasteiger partial charge in [-0.3, -0.25) is 9.59 Å². The summed E-state index contributed by atoms with van der Waals surface area (Å²) in [5, 5.41) is 1.90. The summed E-state index contributed by atoms with van der Waals surface area (Å²) in [4.78, 5) is 25.6. The van der Waals surface area contributed by atoms with Gasteiger partial charge in [-0.25, -0.2) is 8.78 Å². The lowest BCUT2D eigenvalue weighted by Gasteiger charge is -2.38. The lowest BCUT2D eigenvalue weighted by Crippen LogP contribution is -2.49. The highest BCUT2D eigenvalue weighted by molar-refractivity contribution is 5.84. The first kappa shape index (κ1) is 18.2. The number of rotatable bonds is 5. The van der Waals surface area contributed by atoms with Crippen LogP contribution >= 0.6 is 0 Å². The van der Waals surface area contributed by atoms with E-state index in [1.54, 1.807) is 30.3 Å². The number of benzene rings is 1. The van der Waals surface area contributed by atoms with E-state index in [9.17, 15) is 27.2 Å². The molecule has 1 N–H and O–H groups in total. The maximum atomic E-state index is 13.0. The zero-order chi connectivity index (χ0) is 17.9. The van der Waals surface area contributed by atoms with E-state index in [0.29, 0.717) is 5.56 Å². The van der Waals surface area contributed by atoms with E-state index >= 15 is 0 Å². The number of nitrogens with zero attached hydrogens (tertiary/aromatic N) is 1. The van der Waals surface area contributed by atoms with Gasteiger partial charge >= 0.3 is 12.3 Å². The molecule has 1 aliphatic rings. The molecule has 0 bridgehead atoms. The first-order valence-corrected chi connectivity index (χ1v) is 7.48. The third-order valence-electron chi connectivity index (χ3n) is 4.16. The summed E-state index contributed by atoms with van der Waals surface area (Å²) >= 11 is 0. The van der Waals surface area contributed by atoms with Crippen molar-refractivity contribution in [1.82, 2.24) is 10.2 Å².